The maximum atomic E-state index is 11.4. The zero-order chi connectivity index (χ0) is 9.97. The number of amides is 1. The van der Waals surface area contributed by atoms with Crippen LogP contribution in [0.4, 0.5) is 0 Å². The van der Waals surface area contributed by atoms with Gasteiger partial charge in [-0.1, -0.05) is 6.07 Å². The molecule has 1 aliphatic rings. The Balaban J connectivity index is 2.43. The van der Waals surface area contributed by atoms with Crippen LogP contribution in [0, 0.1) is 0 Å². The quantitative estimate of drug-likeness (QED) is 0.610. The number of rotatable bonds is 0. The molecule has 1 amide bonds. The molecular weight excluding hydrogens is 182 g/mol. The number of ether oxygens (including phenoxy) is 1. The van der Waals surface area contributed by atoms with Crippen molar-refractivity contribution < 1.29 is 14.3 Å². The molecule has 0 saturated carbocycles. The molecule has 0 saturated heterocycles. The number of hydrogen-bond donors (Lipinski definition) is 1. The summed E-state index contributed by atoms with van der Waals surface area (Å²) in [6, 6.07) is 6.49. The lowest BCUT2D eigenvalue weighted by atomic mass is 10.1. The van der Waals surface area contributed by atoms with Gasteiger partial charge in [0.05, 0.1) is 12.1 Å². The summed E-state index contributed by atoms with van der Waals surface area (Å²) < 4.78 is 4.90. The molecule has 2 rings (SSSR count). The van der Waals surface area contributed by atoms with Crippen LogP contribution in [0.5, 0.6) is 0 Å². The minimum Gasteiger partial charge on any atom is -0.460 e. The molecule has 0 radical (unpaired) electrons. The number of fused-ring (bicyclic) bond motifs is 2. The minimum atomic E-state index is -0.386. The van der Waals surface area contributed by atoms with Gasteiger partial charge in [-0.2, -0.15) is 0 Å². The highest BCUT2D eigenvalue weighted by atomic mass is 16.5. The van der Waals surface area contributed by atoms with Crippen molar-refractivity contribution in [3.63, 3.8) is 0 Å². The molecule has 4 nitrogen and oxygen atoms in total. The van der Waals surface area contributed by atoms with Gasteiger partial charge in [-0.3, -0.25) is 4.79 Å². The zero-order valence-corrected chi connectivity index (χ0v) is 7.45. The third-order valence-corrected chi connectivity index (χ3v) is 1.98. The Morgan fingerprint density at radius 2 is 2.00 bits per heavy atom. The van der Waals surface area contributed by atoms with Crippen LogP contribution in [0.2, 0.25) is 0 Å². The summed E-state index contributed by atoms with van der Waals surface area (Å²) in [5.41, 5.74) is 0.904. The van der Waals surface area contributed by atoms with Gasteiger partial charge in [0.15, 0.2) is 0 Å². The number of hydrogen-bond acceptors (Lipinski definition) is 3. The van der Waals surface area contributed by atoms with Crippen molar-refractivity contribution in [3.05, 3.63) is 35.4 Å². The first-order chi connectivity index (χ1) is 6.77. The number of carbonyl (C=O) groups is 2. The first kappa shape index (κ1) is 8.74. The summed E-state index contributed by atoms with van der Waals surface area (Å²) in [7, 11) is 0. The summed E-state index contributed by atoms with van der Waals surface area (Å²) in [6.45, 7) is 0.562. The first-order valence-electron chi connectivity index (χ1n) is 4.33. The third kappa shape index (κ3) is 1.59. The van der Waals surface area contributed by atoms with Crippen LogP contribution in [0.1, 0.15) is 20.7 Å². The predicted molar refractivity (Wildman–Crippen MR) is 49.1 cm³/mol. The van der Waals surface area contributed by atoms with Gasteiger partial charge in [-0.05, 0) is 18.2 Å². The van der Waals surface area contributed by atoms with Crippen LogP contribution in [-0.2, 0) is 4.74 Å². The lowest BCUT2D eigenvalue weighted by molar-refractivity contribution is 0.0506. The Kier molecular flexibility index (Phi) is 2.18. The van der Waals surface area contributed by atoms with E-state index in [1.165, 1.54) is 6.07 Å². The average molecular weight is 191 g/mol. The minimum absolute atomic E-state index is 0.176. The standard InChI is InChI=1S/C10H9NO3/c12-9-7-2-1-3-8(6-7)10(13)14-5-4-11-9/h1-3,6H,4-5H2,(H,11,12). The van der Waals surface area contributed by atoms with E-state index >= 15 is 0 Å². The molecule has 1 heterocycles. The molecule has 4 heteroatoms. The largest absolute Gasteiger partial charge is 0.460 e. The van der Waals surface area contributed by atoms with Crippen LogP contribution < -0.4 is 5.32 Å². The molecule has 0 spiro atoms. The van der Waals surface area contributed by atoms with E-state index < -0.39 is 0 Å². The van der Waals surface area contributed by atoms with Gasteiger partial charge in [0.2, 0.25) is 0 Å². The molecule has 2 bridgehead atoms. The Morgan fingerprint density at radius 1 is 1.21 bits per heavy atom. The van der Waals surface area contributed by atoms with E-state index in [1.807, 2.05) is 0 Å². The van der Waals surface area contributed by atoms with Gasteiger partial charge in [0.1, 0.15) is 6.61 Å². The average Bonchev–Trinajstić information content (AvgIpc) is 2.26. The number of nitrogens with one attached hydrogen (secondary N) is 1. The summed E-state index contributed by atoms with van der Waals surface area (Å²) >= 11 is 0. The fourth-order valence-electron chi connectivity index (χ4n) is 1.28. The highest BCUT2D eigenvalue weighted by Crippen LogP contribution is 2.08. The van der Waals surface area contributed by atoms with Gasteiger partial charge in [-0.25, -0.2) is 4.79 Å². The zero-order valence-electron chi connectivity index (χ0n) is 7.45. The van der Waals surface area contributed by atoms with Crippen molar-refractivity contribution in [2.24, 2.45) is 0 Å². The van der Waals surface area contributed by atoms with E-state index in [2.05, 4.69) is 5.32 Å². The van der Waals surface area contributed by atoms with E-state index in [9.17, 15) is 9.59 Å². The van der Waals surface area contributed by atoms with Crippen molar-refractivity contribution in [2.75, 3.05) is 13.2 Å². The number of cyclic esters (lactones) is 1. The van der Waals surface area contributed by atoms with Crippen molar-refractivity contribution in [1.82, 2.24) is 5.32 Å². The lowest BCUT2D eigenvalue weighted by Crippen LogP contribution is -2.26. The molecule has 14 heavy (non-hydrogen) atoms. The Labute approximate surface area is 80.9 Å². The molecule has 0 unspecified atom stereocenters. The Morgan fingerprint density at radius 3 is 2.86 bits per heavy atom. The van der Waals surface area contributed by atoms with E-state index in [0.29, 0.717) is 17.7 Å². The lowest BCUT2D eigenvalue weighted by Gasteiger charge is -2.01. The molecule has 1 aromatic carbocycles. The topological polar surface area (TPSA) is 55.4 Å². The molecule has 1 aromatic rings. The fraction of sp³-hybridized carbons (Fsp3) is 0.200. The number of esters is 1. The smallest absolute Gasteiger partial charge is 0.338 e. The molecule has 0 aliphatic carbocycles. The van der Waals surface area contributed by atoms with E-state index in [1.54, 1.807) is 18.2 Å². The van der Waals surface area contributed by atoms with Crippen molar-refractivity contribution >= 4 is 11.9 Å². The second kappa shape index (κ2) is 3.49. The Bertz CT molecular complexity index is 353. The summed E-state index contributed by atoms with van der Waals surface area (Å²) in [4.78, 5) is 22.7. The van der Waals surface area contributed by atoms with Gasteiger partial charge < -0.3 is 10.1 Å². The number of benzene rings is 1. The highest BCUT2D eigenvalue weighted by molar-refractivity contribution is 5.98. The highest BCUT2D eigenvalue weighted by Gasteiger charge is 2.13. The second-order valence-corrected chi connectivity index (χ2v) is 2.97. The van der Waals surface area contributed by atoms with E-state index in [-0.39, 0.29) is 18.5 Å². The van der Waals surface area contributed by atoms with E-state index in [0.717, 1.165) is 0 Å². The van der Waals surface area contributed by atoms with Crippen LogP contribution in [-0.4, -0.2) is 25.0 Å². The van der Waals surface area contributed by atoms with Crippen LogP contribution >= 0.6 is 0 Å². The normalized spacial score (nSPS) is 16.0. The molecule has 0 aromatic heterocycles. The molecular formula is C10H9NO3. The molecule has 72 valence electrons. The molecule has 0 fully saturated rings. The van der Waals surface area contributed by atoms with Gasteiger partial charge in [-0.15, -0.1) is 0 Å². The summed E-state index contributed by atoms with van der Waals surface area (Å²) in [5.74, 6) is -0.562. The number of carbonyl (C=O) groups excluding carboxylic acids is 2. The van der Waals surface area contributed by atoms with Gasteiger partial charge in [0, 0.05) is 5.56 Å². The van der Waals surface area contributed by atoms with Crippen molar-refractivity contribution in [1.29, 1.82) is 0 Å². The molecule has 1 aliphatic heterocycles. The predicted octanol–water partition coefficient (Wildman–Crippen LogP) is 0.587. The summed E-state index contributed by atoms with van der Waals surface area (Å²) in [5, 5.41) is 2.64. The van der Waals surface area contributed by atoms with Crippen molar-refractivity contribution in [3.8, 4) is 0 Å². The van der Waals surface area contributed by atoms with Crippen LogP contribution in [0.25, 0.3) is 0 Å². The maximum Gasteiger partial charge on any atom is 0.338 e. The molecule has 0 atom stereocenters. The van der Waals surface area contributed by atoms with Crippen molar-refractivity contribution in [2.45, 2.75) is 0 Å². The maximum absolute atomic E-state index is 11.4. The fourth-order valence-corrected chi connectivity index (χ4v) is 1.28. The van der Waals surface area contributed by atoms with E-state index in [4.69, 9.17) is 4.74 Å². The van der Waals surface area contributed by atoms with Gasteiger partial charge in [0.25, 0.3) is 5.91 Å². The second-order valence-electron chi connectivity index (χ2n) is 2.97. The van der Waals surface area contributed by atoms with Gasteiger partial charge >= 0.3 is 5.97 Å². The SMILES string of the molecule is O=C1NCCOC(=O)c2cccc1c2. The monoisotopic (exact) mass is 191 g/mol. The Hall–Kier alpha value is -1.84. The van der Waals surface area contributed by atoms with Crippen LogP contribution in [0.15, 0.2) is 24.3 Å². The summed E-state index contributed by atoms with van der Waals surface area (Å²) in [6.07, 6.45) is 0. The molecule has 1 N–H and O–H groups in total. The third-order valence-electron chi connectivity index (χ3n) is 1.98. The van der Waals surface area contributed by atoms with Crippen LogP contribution in [0.3, 0.4) is 0 Å². The first-order valence-corrected chi connectivity index (χ1v) is 4.33.